The van der Waals surface area contributed by atoms with Gasteiger partial charge < -0.3 is 5.32 Å². The zero-order valence-corrected chi connectivity index (χ0v) is 14.0. The van der Waals surface area contributed by atoms with Crippen molar-refractivity contribution in [2.75, 3.05) is 18.4 Å². The molecule has 2 aromatic rings. The van der Waals surface area contributed by atoms with Gasteiger partial charge in [-0.2, -0.15) is 0 Å². The summed E-state index contributed by atoms with van der Waals surface area (Å²) < 4.78 is 0. The molecule has 1 N–H and O–H groups in total. The second-order valence-electron chi connectivity index (χ2n) is 7.06. The smallest absolute Gasteiger partial charge is 0.0372 e. The molecule has 2 aliphatic heterocycles. The van der Waals surface area contributed by atoms with Gasteiger partial charge in [-0.3, -0.25) is 4.90 Å². The Bertz CT molecular complexity index is 692. The molecule has 2 aliphatic rings. The predicted molar refractivity (Wildman–Crippen MR) is 97.0 cm³/mol. The highest BCUT2D eigenvalue weighted by atomic mass is 15.2. The van der Waals surface area contributed by atoms with Crippen LogP contribution in [0.2, 0.25) is 0 Å². The van der Waals surface area contributed by atoms with E-state index >= 15 is 0 Å². The van der Waals surface area contributed by atoms with Gasteiger partial charge in [0, 0.05) is 31.4 Å². The first-order valence-electron chi connectivity index (χ1n) is 8.96. The van der Waals surface area contributed by atoms with E-state index in [1.165, 1.54) is 53.7 Å². The summed E-state index contributed by atoms with van der Waals surface area (Å²) in [7, 11) is 0. The number of fused-ring (bicyclic) bond motifs is 2. The maximum absolute atomic E-state index is 3.51. The fourth-order valence-corrected chi connectivity index (χ4v) is 4.02. The summed E-state index contributed by atoms with van der Waals surface area (Å²) >= 11 is 0. The first kappa shape index (κ1) is 14.8. The average molecular weight is 306 g/mol. The van der Waals surface area contributed by atoms with Crippen molar-refractivity contribution in [3.63, 3.8) is 0 Å². The summed E-state index contributed by atoms with van der Waals surface area (Å²) in [5, 5.41) is 3.51. The Morgan fingerprint density at radius 1 is 1.04 bits per heavy atom. The van der Waals surface area contributed by atoms with Crippen molar-refractivity contribution >= 4 is 5.69 Å². The monoisotopic (exact) mass is 306 g/mol. The molecule has 0 amide bonds. The first-order valence-corrected chi connectivity index (χ1v) is 8.96. The van der Waals surface area contributed by atoms with Crippen LogP contribution < -0.4 is 5.32 Å². The predicted octanol–water partition coefficient (Wildman–Crippen LogP) is 4.03. The Morgan fingerprint density at radius 3 is 2.83 bits per heavy atom. The Hall–Kier alpha value is -1.80. The number of hydrogen-bond donors (Lipinski definition) is 1. The molecule has 120 valence electrons. The van der Waals surface area contributed by atoms with Crippen molar-refractivity contribution in [1.82, 2.24) is 4.90 Å². The normalized spacial score (nSPS) is 18.7. The number of nitrogens with zero attached hydrogens (tertiary/aromatic N) is 1. The molecule has 0 spiro atoms. The van der Waals surface area contributed by atoms with E-state index in [4.69, 9.17) is 0 Å². The molecule has 23 heavy (non-hydrogen) atoms. The second-order valence-corrected chi connectivity index (χ2v) is 7.06. The molecule has 2 heterocycles. The van der Waals surface area contributed by atoms with Crippen LogP contribution in [-0.4, -0.2) is 24.0 Å². The van der Waals surface area contributed by atoms with Crippen LogP contribution in [0.5, 0.6) is 0 Å². The molecule has 0 saturated heterocycles. The molecule has 0 fully saturated rings. The van der Waals surface area contributed by atoms with Crippen LogP contribution in [0.25, 0.3) is 0 Å². The van der Waals surface area contributed by atoms with Gasteiger partial charge in [-0.1, -0.05) is 36.4 Å². The van der Waals surface area contributed by atoms with Crippen LogP contribution in [0.1, 0.15) is 35.6 Å². The van der Waals surface area contributed by atoms with Gasteiger partial charge in [0.05, 0.1) is 0 Å². The van der Waals surface area contributed by atoms with Crippen LogP contribution in [0, 0.1) is 0 Å². The van der Waals surface area contributed by atoms with E-state index in [2.05, 4.69) is 59.6 Å². The molecule has 0 radical (unpaired) electrons. The summed E-state index contributed by atoms with van der Waals surface area (Å²) in [6, 6.07) is 16.5. The number of rotatable bonds is 3. The van der Waals surface area contributed by atoms with E-state index < -0.39 is 0 Å². The molecule has 2 heteroatoms. The molecule has 4 rings (SSSR count). The van der Waals surface area contributed by atoms with Gasteiger partial charge in [0.1, 0.15) is 0 Å². The minimum absolute atomic E-state index is 0.595. The zero-order chi connectivity index (χ0) is 15.6. The number of aryl methyl sites for hydroxylation is 1. The van der Waals surface area contributed by atoms with Crippen LogP contribution >= 0.6 is 0 Å². The highest BCUT2D eigenvalue weighted by Gasteiger charge is 2.21. The van der Waals surface area contributed by atoms with Crippen molar-refractivity contribution in [1.29, 1.82) is 0 Å². The van der Waals surface area contributed by atoms with Crippen LogP contribution in [0.4, 0.5) is 5.69 Å². The minimum Gasteiger partial charge on any atom is -0.385 e. The summed E-state index contributed by atoms with van der Waals surface area (Å²) in [6.07, 6.45) is 4.82. The summed E-state index contributed by atoms with van der Waals surface area (Å²) in [5.74, 6) is 0. The van der Waals surface area contributed by atoms with Crippen LogP contribution in [0.3, 0.4) is 0 Å². The van der Waals surface area contributed by atoms with Gasteiger partial charge >= 0.3 is 0 Å². The van der Waals surface area contributed by atoms with E-state index in [1.807, 2.05) is 0 Å². The van der Waals surface area contributed by atoms with Crippen molar-refractivity contribution in [3.05, 3.63) is 64.7 Å². The van der Waals surface area contributed by atoms with E-state index in [9.17, 15) is 0 Å². The summed E-state index contributed by atoms with van der Waals surface area (Å²) in [4.78, 5) is 2.64. The Kier molecular flexibility index (Phi) is 4.09. The molecule has 1 unspecified atom stereocenters. The fraction of sp³-hybridized carbons (Fsp3) is 0.429. The first-order chi connectivity index (χ1) is 11.3. The third-order valence-corrected chi connectivity index (χ3v) is 5.42. The fourth-order valence-electron chi connectivity index (χ4n) is 4.02. The topological polar surface area (TPSA) is 15.3 Å². The molecule has 2 nitrogen and oxygen atoms in total. The largest absolute Gasteiger partial charge is 0.385 e. The molecule has 2 aromatic carbocycles. The molecule has 0 saturated carbocycles. The Labute approximate surface area is 139 Å². The highest BCUT2D eigenvalue weighted by Crippen LogP contribution is 2.25. The third kappa shape index (κ3) is 3.13. The number of anilines is 1. The van der Waals surface area contributed by atoms with Crippen LogP contribution in [-0.2, 0) is 25.8 Å². The zero-order valence-electron chi connectivity index (χ0n) is 14.0. The third-order valence-electron chi connectivity index (χ3n) is 5.42. The summed E-state index contributed by atoms with van der Waals surface area (Å²) in [5.41, 5.74) is 7.39. The lowest BCUT2D eigenvalue weighted by molar-refractivity contribution is 0.189. The Morgan fingerprint density at radius 2 is 1.91 bits per heavy atom. The van der Waals surface area contributed by atoms with Crippen molar-refractivity contribution < 1.29 is 0 Å². The van der Waals surface area contributed by atoms with Gasteiger partial charge in [0.2, 0.25) is 0 Å². The maximum Gasteiger partial charge on any atom is 0.0372 e. The van der Waals surface area contributed by atoms with Gasteiger partial charge in [0.25, 0.3) is 0 Å². The van der Waals surface area contributed by atoms with E-state index in [0.717, 1.165) is 19.5 Å². The van der Waals surface area contributed by atoms with Gasteiger partial charge in [-0.15, -0.1) is 0 Å². The quantitative estimate of drug-likeness (QED) is 0.921. The molecular weight excluding hydrogens is 280 g/mol. The maximum atomic E-state index is 3.51. The van der Waals surface area contributed by atoms with Crippen molar-refractivity contribution in [3.8, 4) is 0 Å². The SMILES string of the molecule is CC(Cc1ccc2c(c1)CCCN2)N1CCc2ccccc2C1. The number of hydrogen-bond acceptors (Lipinski definition) is 2. The number of nitrogens with one attached hydrogen (secondary N) is 1. The number of benzene rings is 2. The molecule has 0 aromatic heterocycles. The van der Waals surface area contributed by atoms with Gasteiger partial charge in [-0.25, -0.2) is 0 Å². The van der Waals surface area contributed by atoms with E-state index in [-0.39, 0.29) is 0 Å². The minimum atomic E-state index is 0.595. The molecule has 1 atom stereocenters. The lowest BCUT2D eigenvalue weighted by Crippen LogP contribution is -2.38. The molecular formula is C21H26N2. The second kappa shape index (κ2) is 6.37. The molecule has 0 bridgehead atoms. The van der Waals surface area contributed by atoms with Gasteiger partial charge in [-0.05, 0) is 60.9 Å². The van der Waals surface area contributed by atoms with E-state index in [1.54, 1.807) is 0 Å². The lowest BCUT2D eigenvalue weighted by atomic mass is 9.95. The van der Waals surface area contributed by atoms with E-state index in [0.29, 0.717) is 6.04 Å². The van der Waals surface area contributed by atoms with Crippen molar-refractivity contribution in [2.24, 2.45) is 0 Å². The average Bonchev–Trinajstić information content (AvgIpc) is 2.61. The Balaban J connectivity index is 1.45. The molecule has 0 aliphatic carbocycles. The van der Waals surface area contributed by atoms with Gasteiger partial charge in [0.15, 0.2) is 0 Å². The highest BCUT2D eigenvalue weighted by molar-refractivity contribution is 5.54. The van der Waals surface area contributed by atoms with Crippen LogP contribution in [0.15, 0.2) is 42.5 Å². The summed E-state index contributed by atoms with van der Waals surface area (Å²) in [6.45, 7) is 5.79. The lowest BCUT2D eigenvalue weighted by Gasteiger charge is -2.34. The standard InChI is InChI=1S/C21H26N2/c1-16(23-12-10-18-5-2-3-6-20(18)15-23)13-17-8-9-21-19(14-17)7-4-11-22-21/h2-3,5-6,8-9,14,16,22H,4,7,10-13,15H2,1H3. The van der Waals surface area contributed by atoms with Crippen molar-refractivity contribution in [2.45, 2.75) is 45.2 Å².